The largest absolute Gasteiger partial charge is 0.493 e. The van der Waals surface area contributed by atoms with Crippen LogP contribution in [0.2, 0.25) is 0 Å². The maximum Gasteiger partial charge on any atom is 0.332 e. The summed E-state index contributed by atoms with van der Waals surface area (Å²) in [5.74, 6) is -1.20. The van der Waals surface area contributed by atoms with Crippen LogP contribution >= 0.6 is 0 Å². The number of nitrogens with one attached hydrogen (secondary N) is 1. The minimum atomic E-state index is -1.13. The van der Waals surface area contributed by atoms with Gasteiger partial charge in [-0.1, -0.05) is 6.07 Å². The summed E-state index contributed by atoms with van der Waals surface area (Å²) in [5, 5.41) is 2.61. The van der Waals surface area contributed by atoms with E-state index in [-0.39, 0.29) is 18.7 Å². The molecule has 3 aromatic carbocycles. The van der Waals surface area contributed by atoms with Crippen molar-refractivity contribution in [3.63, 3.8) is 0 Å². The quantitative estimate of drug-likeness (QED) is 0.470. The Balaban J connectivity index is 1.62. The number of carbonyl (C=O) groups is 3. The fourth-order valence-electron chi connectivity index (χ4n) is 3.94. The van der Waals surface area contributed by atoms with E-state index in [0.29, 0.717) is 22.7 Å². The summed E-state index contributed by atoms with van der Waals surface area (Å²) in [7, 11) is 2.97. The normalized spacial score (nSPS) is 15.3. The molecule has 3 aromatic rings. The molecule has 4 amide bonds. The lowest BCUT2D eigenvalue weighted by Crippen LogP contribution is -2.37. The van der Waals surface area contributed by atoms with Crippen LogP contribution in [-0.4, -0.2) is 43.0 Å². The van der Waals surface area contributed by atoms with Gasteiger partial charge in [0.25, 0.3) is 5.91 Å². The van der Waals surface area contributed by atoms with E-state index in [1.165, 1.54) is 55.5 Å². The molecule has 186 valence electrons. The molecule has 0 aromatic heterocycles. The van der Waals surface area contributed by atoms with Crippen LogP contribution < -0.4 is 19.7 Å². The molecule has 1 heterocycles. The fourth-order valence-corrected chi connectivity index (χ4v) is 3.94. The van der Waals surface area contributed by atoms with Gasteiger partial charge in [0.2, 0.25) is 5.91 Å². The summed E-state index contributed by atoms with van der Waals surface area (Å²) in [5.41, 5.74) is 1.17. The van der Waals surface area contributed by atoms with Gasteiger partial charge >= 0.3 is 6.03 Å². The van der Waals surface area contributed by atoms with Gasteiger partial charge < -0.3 is 19.7 Å². The summed E-state index contributed by atoms with van der Waals surface area (Å²) in [6.07, 6.45) is -0.340. The van der Waals surface area contributed by atoms with Crippen molar-refractivity contribution >= 4 is 29.2 Å². The van der Waals surface area contributed by atoms with Gasteiger partial charge in [0.05, 0.1) is 26.3 Å². The van der Waals surface area contributed by atoms with Crippen LogP contribution in [0.15, 0.2) is 66.7 Å². The van der Waals surface area contributed by atoms with E-state index in [9.17, 15) is 23.2 Å². The minimum Gasteiger partial charge on any atom is -0.493 e. The number of ether oxygens (including phenoxy) is 2. The Morgan fingerprint density at radius 3 is 2.11 bits per heavy atom. The Labute approximate surface area is 206 Å². The van der Waals surface area contributed by atoms with Crippen LogP contribution in [0.5, 0.6) is 11.5 Å². The number of amides is 4. The summed E-state index contributed by atoms with van der Waals surface area (Å²) < 4.78 is 37.2. The highest BCUT2D eigenvalue weighted by Crippen LogP contribution is 2.32. The lowest BCUT2D eigenvalue weighted by atomic mass is 10.1. The average molecular weight is 495 g/mol. The zero-order valence-electron chi connectivity index (χ0n) is 19.5. The molecule has 0 unspecified atom stereocenters. The molecule has 8 nitrogen and oxygen atoms in total. The number of rotatable bonds is 8. The highest BCUT2D eigenvalue weighted by molar-refractivity contribution is 6.22. The molecule has 1 aliphatic rings. The minimum absolute atomic E-state index is 0.00286. The maximum atomic E-state index is 13.4. The summed E-state index contributed by atoms with van der Waals surface area (Å²) in [6, 6.07) is 13.4. The number of methoxy groups -OCH3 is 2. The molecule has 1 atom stereocenters. The second kappa shape index (κ2) is 10.4. The molecule has 1 N–H and O–H groups in total. The summed E-state index contributed by atoms with van der Waals surface area (Å²) in [4.78, 5) is 41.7. The first kappa shape index (κ1) is 24.6. The molecular weight excluding hydrogens is 472 g/mol. The maximum absolute atomic E-state index is 13.4. The molecule has 0 saturated carbocycles. The van der Waals surface area contributed by atoms with E-state index >= 15 is 0 Å². The smallest absolute Gasteiger partial charge is 0.332 e. The number of hydrogen-bond acceptors (Lipinski definition) is 5. The number of imide groups is 1. The first-order valence-electron chi connectivity index (χ1n) is 11.0. The van der Waals surface area contributed by atoms with Gasteiger partial charge in [0.1, 0.15) is 17.7 Å². The van der Waals surface area contributed by atoms with E-state index < -0.39 is 35.5 Å². The van der Waals surface area contributed by atoms with Gasteiger partial charge in [0, 0.05) is 12.2 Å². The Bertz CT molecular complexity index is 1280. The number of urea groups is 1. The van der Waals surface area contributed by atoms with Crippen molar-refractivity contribution in [3.8, 4) is 11.5 Å². The number of benzene rings is 3. The zero-order chi connectivity index (χ0) is 25.8. The second-order valence-corrected chi connectivity index (χ2v) is 8.02. The van der Waals surface area contributed by atoms with Crippen molar-refractivity contribution in [2.75, 3.05) is 24.4 Å². The molecule has 0 radical (unpaired) electrons. The SMILES string of the molecule is COc1ccc(CN2C(=O)N(c3ccc(F)cc3)C(=O)[C@@H]2CC(=O)Nc2ccc(F)cc2)cc1OC. The Kier molecular flexibility index (Phi) is 7.14. The van der Waals surface area contributed by atoms with Crippen molar-refractivity contribution in [1.82, 2.24) is 4.90 Å². The van der Waals surface area contributed by atoms with E-state index in [1.54, 1.807) is 18.2 Å². The summed E-state index contributed by atoms with van der Waals surface area (Å²) in [6.45, 7) is -0.00286. The molecule has 1 saturated heterocycles. The standard InChI is InChI=1S/C26H23F2N3O5/c1-35-22-12-3-16(13-23(22)36-2)15-30-21(14-24(32)29-19-8-4-17(27)5-9-19)25(33)31(26(30)34)20-10-6-18(28)7-11-20/h3-13,21H,14-15H2,1-2H3,(H,29,32)/t21-/m0/s1. The van der Waals surface area contributed by atoms with E-state index in [1.807, 2.05) is 0 Å². The van der Waals surface area contributed by atoms with Gasteiger partial charge in [-0.3, -0.25) is 9.59 Å². The monoisotopic (exact) mass is 495 g/mol. The third-order valence-electron chi connectivity index (χ3n) is 5.71. The number of hydrogen-bond donors (Lipinski definition) is 1. The van der Waals surface area contributed by atoms with Crippen molar-refractivity contribution in [2.45, 2.75) is 19.0 Å². The molecule has 4 rings (SSSR count). The molecular formula is C26H23F2N3O5. The van der Waals surface area contributed by atoms with Crippen LogP contribution in [0.3, 0.4) is 0 Å². The van der Waals surface area contributed by atoms with Crippen LogP contribution in [0.25, 0.3) is 0 Å². The van der Waals surface area contributed by atoms with Crippen LogP contribution in [-0.2, 0) is 16.1 Å². The van der Waals surface area contributed by atoms with Gasteiger partial charge in [-0.15, -0.1) is 0 Å². The summed E-state index contributed by atoms with van der Waals surface area (Å²) >= 11 is 0. The Morgan fingerprint density at radius 1 is 0.889 bits per heavy atom. The highest BCUT2D eigenvalue weighted by atomic mass is 19.1. The zero-order valence-corrected chi connectivity index (χ0v) is 19.5. The fraction of sp³-hybridized carbons (Fsp3) is 0.192. The van der Waals surface area contributed by atoms with E-state index in [4.69, 9.17) is 9.47 Å². The number of carbonyl (C=O) groups excluding carboxylic acids is 3. The molecule has 10 heteroatoms. The van der Waals surface area contributed by atoms with Crippen molar-refractivity contribution in [3.05, 3.63) is 83.9 Å². The third kappa shape index (κ3) is 5.12. The van der Waals surface area contributed by atoms with Crippen LogP contribution in [0, 0.1) is 11.6 Å². The molecule has 1 fully saturated rings. The lowest BCUT2D eigenvalue weighted by Gasteiger charge is -2.22. The first-order valence-corrected chi connectivity index (χ1v) is 11.0. The molecule has 36 heavy (non-hydrogen) atoms. The van der Waals surface area contributed by atoms with Gasteiger partial charge in [0.15, 0.2) is 11.5 Å². The van der Waals surface area contributed by atoms with Crippen molar-refractivity contribution in [1.29, 1.82) is 0 Å². The Hall–Kier alpha value is -4.47. The second-order valence-electron chi connectivity index (χ2n) is 8.02. The predicted molar refractivity (Wildman–Crippen MR) is 128 cm³/mol. The first-order chi connectivity index (χ1) is 17.3. The van der Waals surface area contributed by atoms with Gasteiger partial charge in [-0.05, 0) is 66.2 Å². The van der Waals surface area contributed by atoms with Gasteiger partial charge in [-0.25, -0.2) is 18.5 Å². The number of anilines is 2. The lowest BCUT2D eigenvalue weighted by molar-refractivity contribution is -0.124. The molecule has 0 aliphatic carbocycles. The van der Waals surface area contributed by atoms with Gasteiger partial charge in [-0.2, -0.15) is 0 Å². The molecule has 0 spiro atoms. The van der Waals surface area contributed by atoms with Crippen molar-refractivity contribution < 1.29 is 32.6 Å². The highest BCUT2D eigenvalue weighted by Gasteiger charge is 2.46. The van der Waals surface area contributed by atoms with Crippen molar-refractivity contribution in [2.24, 2.45) is 0 Å². The van der Waals surface area contributed by atoms with E-state index in [2.05, 4.69) is 5.32 Å². The predicted octanol–water partition coefficient (Wildman–Crippen LogP) is 4.35. The molecule has 1 aliphatic heterocycles. The number of nitrogens with zero attached hydrogens (tertiary/aromatic N) is 2. The third-order valence-corrected chi connectivity index (χ3v) is 5.71. The Morgan fingerprint density at radius 2 is 1.50 bits per heavy atom. The van der Waals surface area contributed by atoms with E-state index in [0.717, 1.165) is 17.0 Å². The topological polar surface area (TPSA) is 88.2 Å². The van der Waals surface area contributed by atoms with Crippen LogP contribution in [0.1, 0.15) is 12.0 Å². The molecule has 0 bridgehead atoms. The average Bonchev–Trinajstić information content (AvgIpc) is 3.09. The van der Waals surface area contributed by atoms with Crippen LogP contribution in [0.4, 0.5) is 25.0 Å². The number of halogens is 2.